The van der Waals surface area contributed by atoms with Crippen LogP contribution in [0, 0.1) is 0 Å². The third kappa shape index (κ3) is 7.41. The van der Waals surface area contributed by atoms with E-state index in [-0.39, 0.29) is 43.2 Å². The summed E-state index contributed by atoms with van der Waals surface area (Å²) in [6.07, 6.45) is 9.32. The molecule has 0 atom stereocenters. The van der Waals surface area contributed by atoms with Gasteiger partial charge in [-0.05, 0) is 25.0 Å². The van der Waals surface area contributed by atoms with E-state index < -0.39 is 5.97 Å². The Hall–Kier alpha value is -2.31. The van der Waals surface area contributed by atoms with Crippen LogP contribution in [-0.2, 0) is 14.3 Å². The number of carbonyl (C=O) groups excluding carboxylic acids is 3. The van der Waals surface area contributed by atoms with Gasteiger partial charge in [0, 0.05) is 12.6 Å². The molecule has 7 heteroatoms. The summed E-state index contributed by atoms with van der Waals surface area (Å²) in [5, 5.41) is 5.48. The summed E-state index contributed by atoms with van der Waals surface area (Å²) in [5.74, 6) is -0.988. The largest absolute Gasteiger partial charge is 0.459 e. The van der Waals surface area contributed by atoms with Crippen LogP contribution in [0.2, 0.25) is 0 Å². The van der Waals surface area contributed by atoms with Crippen LogP contribution >= 0.6 is 0 Å². The average molecular weight is 350 g/mol. The highest BCUT2D eigenvalue weighted by Gasteiger charge is 2.15. The third-order valence-electron chi connectivity index (χ3n) is 4.19. The SMILES string of the molecule is O=C(COC(=O)CCNC(=O)c1ccco1)NC1CCCCCCC1. The zero-order valence-electron chi connectivity index (χ0n) is 14.4. The highest BCUT2D eigenvalue weighted by molar-refractivity contribution is 5.91. The first-order valence-electron chi connectivity index (χ1n) is 8.92. The molecule has 0 aromatic carbocycles. The number of furan rings is 1. The summed E-state index contributed by atoms with van der Waals surface area (Å²) in [7, 11) is 0. The number of ether oxygens (including phenoxy) is 1. The molecular formula is C18H26N2O5. The fourth-order valence-corrected chi connectivity index (χ4v) is 2.86. The molecule has 1 aliphatic rings. The smallest absolute Gasteiger partial charge is 0.308 e. The van der Waals surface area contributed by atoms with Crippen molar-refractivity contribution in [2.24, 2.45) is 0 Å². The molecule has 138 valence electrons. The highest BCUT2D eigenvalue weighted by atomic mass is 16.5. The zero-order chi connectivity index (χ0) is 17.9. The van der Waals surface area contributed by atoms with Crippen molar-refractivity contribution in [2.45, 2.75) is 57.4 Å². The first kappa shape index (κ1) is 19.0. The molecule has 0 saturated heterocycles. The van der Waals surface area contributed by atoms with E-state index in [9.17, 15) is 14.4 Å². The predicted octanol–water partition coefficient (Wildman–Crippen LogP) is 2.17. The van der Waals surface area contributed by atoms with Gasteiger partial charge in [-0.15, -0.1) is 0 Å². The van der Waals surface area contributed by atoms with Gasteiger partial charge in [-0.2, -0.15) is 0 Å². The maximum atomic E-state index is 11.9. The van der Waals surface area contributed by atoms with E-state index in [1.807, 2.05) is 0 Å². The Balaban J connectivity index is 1.57. The van der Waals surface area contributed by atoms with Gasteiger partial charge >= 0.3 is 5.97 Å². The highest BCUT2D eigenvalue weighted by Crippen LogP contribution is 2.16. The molecule has 1 heterocycles. The normalized spacial score (nSPS) is 15.7. The van der Waals surface area contributed by atoms with Crippen LogP contribution in [0.15, 0.2) is 22.8 Å². The lowest BCUT2D eigenvalue weighted by molar-refractivity contribution is -0.148. The lowest BCUT2D eigenvalue weighted by Gasteiger charge is -2.20. The number of hydrogen-bond donors (Lipinski definition) is 2. The van der Waals surface area contributed by atoms with Crippen molar-refractivity contribution >= 4 is 17.8 Å². The fourth-order valence-electron chi connectivity index (χ4n) is 2.86. The average Bonchev–Trinajstić information content (AvgIpc) is 3.10. The van der Waals surface area contributed by atoms with Gasteiger partial charge in [0.2, 0.25) is 0 Å². The van der Waals surface area contributed by atoms with Gasteiger partial charge in [-0.3, -0.25) is 14.4 Å². The molecule has 1 aromatic heterocycles. The molecule has 0 radical (unpaired) electrons. The van der Waals surface area contributed by atoms with E-state index in [1.54, 1.807) is 6.07 Å². The Morgan fingerprint density at radius 2 is 1.84 bits per heavy atom. The van der Waals surface area contributed by atoms with E-state index in [2.05, 4.69) is 10.6 Å². The number of rotatable bonds is 7. The Bertz CT molecular complexity index is 548. The van der Waals surface area contributed by atoms with E-state index >= 15 is 0 Å². The molecule has 0 aliphatic heterocycles. The molecule has 2 N–H and O–H groups in total. The van der Waals surface area contributed by atoms with Crippen molar-refractivity contribution in [3.63, 3.8) is 0 Å². The van der Waals surface area contributed by atoms with Gasteiger partial charge in [0.15, 0.2) is 12.4 Å². The predicted molar refractivity (Wildman–Crippen MR) is 90.9 cm³/mol. The standard InChI is InChI=1S/C18H26N2O5/c21-16(20-14-7-4-2-1-3-5-8-14)13-25-17(22)10-11-19-18(23)15-9-6-12-24-15/h6,9,12,14H,1-5,7-8,10-11,13H2,(H,19,23)(H,20,21). The summed E-state index contributed by atoms with van der Waals surface area (Å²) >= 11 is 0. The van der Waals surface area contributed by atoms with Crippen molar-refractivity contribution in [2.75, 3.05) is 13.2 Å². The molecule has 25 heavy (non-hydrogen) atoms. The first-order chi connectivity index (χ1) is 12.1. The van der Waals surface area contributed by atoms with Crippen LogP contribution in [0.25, 0.3) is 0 Å². The molecule has 1 aromatic rings. The number of hydrogen-bond acceptors (Lipinski definition) is 5. The Morgan fingerprint density at radius 3 is 2.52 bits per heavy atom. The van der Waals surface area contributed by atoms with Gasteiger partial charge in [0.05, 0.1) is 12.7 Å². The molecule has 2 amide bonds. The van der Waals surface area contributed by atoms with Gasteiger partial charge in [-0.25, -0.2) is 0 Å². The summed E-state index contributed by atoms with van der Waals surface area (Å²) in [6.45, 7) is -0.149. The monoisotopic (exact) mass is 350 g/mol. The van der Waals surface area contributed by atoms with E-state index in [4.69, 9.17) is 9.15 Å². The maximum Gasteiger partial charge on any atom is 0.308 e. The second-order valence-electron chi connectivity index (χ2n) is 6.25. The van der Waals surface area contributed by atoms with Crippen LogP contribution in [0.5, 0.6) is 0 Å². The third-order valence-corrected chi connectivity index (χ3v) is 4.19. The molecule has 1 saturated carbocycles. The lowest BCUT2D eigenvalue weighted by Crippen LogP contribution is -2.38. The Labute approximate surface area is 147 Å². The van der Waals surface area contributed by atoms with E-state index in [1.165, 1.54) is 31.6 Å². The van der Waals surface area contributed by atoms with Crippen molar-refractivity contribution in [1.82, 2.24) is 10.6 Å². The van der Waals surface area contributed by atoms with Crippen molar-refractivity contribution < 1.29 is 23.5 Å². The summed E-state index contributed by atoms with van der Waals surface area (Å²) < 4.78 is 9.89. The minimum atomic E-state index is -0.521. The van der Waals surface area contributed by atoms with Crippen LogP contribution in [0.1, 0.15) is 61.9 Å². The van der Waals surface area contributed by atoms with Crippen LogP contribution < -0.4 is 10.6 Å². The topological polar surface area (TPSA) is 97.6 Å². The minimum Gasteiger partial charge on any atom is -0.459 e. The zero-order valence-corrected chi connectivity index (χ0v) is 14.4. The number of esters is 1. The summed E-state index contributed by atoms with van der Waals surface area (Å²) in [4.78, 5) is 35.1. The van der Waals surface area contributed by atoms with Gasteiger partial charge in [-0.1, -0.05) is 32.1 Å². The quantitative estimate of drug-likeness (QED) is 0.735. The van der Waals surface area contributed by atoms with Crippen LogP contribution in [0.3, 0.4) is 0 Å². The van der Waals surface area contributed by atoms with Crippen LogP contribution in [-0.4, -0.2) is 37.0 Å². The van der Waals surface area contributed by atoms with E-state index in [0.29, 0.717) is 0 Å². The number of carbonyl (C=O) groups is 3. The Morgan fingerprint density at radius 1 is 1.12 bits per heavy atom. The van der Waals surface area contributed by atoms with Crippen LogP contribution in [0.4, 0.5) is 0 Å². The van der Waals surface area contributed by atoms with Gasteiger partial charge < -0.3 is 19.8 Å². The molecule has 0 unspecified atom stereocenters. The molecule has 7 nitrogen and oxygen atoms in total. The molecular weight excluding hydrogens is 324 g/mol. The van der Waals surface area contributed by atoms with Crippen molar-refractivity contribution in [3.05, 3.63) is 24.2 Å². The van der Waals surface area contributed by atoms with Crippen molar-refractivity contribution in [1.29, 1.82) is 0 Å². The van der Waals surface area contributed by atoms with E-state index in [0.717, 1.165) is 25.7 Å². The van der Waals surface area contributed by atoms with Crippen molar-refractivity contribution in [3.8, 4) is 0 Å². The molecule has 2 rings (SSSR count). The summed E-state index contributed by atoms with van der Waals surface area (Å²) in [5.41, 5.74) is 0. The first-order valence-corrected chi connectivity index (χ1v) is 8.92. The molecule has 0 spiro atoms. The molecule has 0 bridgehead atoms. The second kappa shape index (κ2) is 10.5. The fraction of sp³-hybridized carbons (Fsp3) is 0.611. The Kier molecular flexibility index (Phi) is 8.01. The molecule has 1 fully saturated rings. The molecule has 1 aliphatic carbocycles. The number of amides is 2. The number of nitrogens with one attached hydrogen (secondary N) is 2. The van der Waals surface area contributed by atoms with Gasteiger partial charge in [0.1, 0.15) is 0 Å². The van der Waals surface area contributed by atoms with Gasteiger partial charge in [0.25, 0.3) is 11.8 Å². The lowest BCUT2D eigenvalue weighted by atomic mass is 9.97. The minimum absolute atomic E-state index is 0.00313. The summed E-state index contributed by atoms with van der Waals surface area (Å²) in [6, 6.07) is 3.32. The second-order valence-corrected chi connectivity index (χ2v) is 6.25. The maximum absolute atomic E-state index is 11.9.